The summed E-state index contributed by atoms with van der Waals surface area (Å²) < 4.78 is 10.8. The second-order valence-corrected chi connectivity index (χ2v) is 4.33. The van der Waals surface area contributed by atoms with E-state index < -0.39 is 0 Å². The summed E-state index contributed by atoms with van der Waals surface area (Å²) in [6.07, 6.45) is 2.90. The number of nitrogens with two attached hydrogens (primary N) is 1. The predicted molar refractivity (Wildman–Crippen MR) is 69.4 cm³/mol. The van der Waals surface area contributed by atoms with E-state index in [1.807, 2.05) is 12.1 Å². The van der Waals surface area contributed by atoms with E-state index >= 15 is 0 Å². The SMILES string of the molecule is CN(Cc1ccco1)C(=O)[C@@H]1CC[C@H](CN)O1.Cl. The van der Waals surface area contributed by atoms with Crippen LogP contribution >= 0.6 is 12.4 Å². The van der Waals surface area contributed by atoms with E-state index in [4.69, 9.17) is 14.9 Å². The van der Waals surface area contributed by atoms with Crippen molar-refractivity contribution in [2.75, 3.05) is 13.6 Å². The van der Waals surface area contributed by atoms with Gasteiger partial charge in [-0.2, -0.15) is 0 Å². The molecule has 0 saturated carbocycles. The predicted octanol–water partition coefficient (Wildman–Crippen LogP) is 1.17. The number of rotatable bonds is 4. The summed E-state index contributed by atoms with van der Waals surface area (Å²) in [7, 11) is 1.75. The third kappa shape index (κ3) is 3.48. The summed E-state index contributed by atoms with van der Waals surface area (Å²) in [5, 5.41) is 0. The highest BCUT2D eigenvalue weighted by Crippen LogP contribution is 2.21. The van der Waals surface area contributed by atoms with Crippen LogP contribution in [0.5, 0.6) is 0 Å². The Morgan fingerprint density at radius 3 is 2.89 bits per heavy atom. The van der Waals surface area contributed by atoms with Crippen molar-refractivity contribution in [1.82, 2.24) is 4.90 Å². The Labute approximate surface area is 113 Å². The van der Waals surface area contributed by atoms with Gasteiger partial charge in [0, 0.05) is 13.6 Å². The van der Waals surface area contributed by atoms with Crippen LogP contribution < -0.4 is 5.73 Å². The van der Waals surface area contributed by atoms with Gasteiger partial charge in [0.25, 0.3) is 5.91 Å². The van der Waals surface area contributed by atoms with Crippen LogP contribution in [-0.4, -0.2) is 36.6 Å². The number of furan rings is 1. The number of ether oxygens (including phenoxy) is 1. The van der Waals surface area contributed by atoms with Crippen LogP contribution in [0.2, 0.25) is 0 Å². The molecule has 0 radical (unpaired) electrons. The van der Waals surface area contributed by atoms with Gasteiger partial charge in [0.1, 0.15) is 11.9 Å². The topological polar surface area (TPSA) is 68.7 Å². The molecule has 5 nitrogen and oxygen atoms in total. The average molecular weight is 275 g/mol. The number of carbonyl (C=O) groups excluding carboxylic acids is 1. The van der Waals surface area contributed by atoms with Gasteiger partial charge in [-0.25, -0.2) is 0 Å². The van der Waals surface area contributed by atoms with E-state index in [0.29, 0.717) is 13.1 Å². The van der Waals surface area contributed by atoms with Crippen molar-refractivity contribution < 1.29 is 13.9 Å². The van der Waals surface area contributed by atoms with Crippen molar-refractivity contribution in [3.8, 4) is 0 Å². The minimum Gasteiger partial charge on any atom is -0.467 e. The monoisotopic (exact) mass is 274 g/mol. The highest BCUT2D eigenvalue weighted by atomic mass is 35.5. The van der Waals surface area contributed by atoms with Gasteiger partial charge in [-0.05, 0) is 25.0 Å². The van der Waals surface area contributed by atoms with Crippen LogP contribution in [0.4, 0.5) is 0 Å². The number of hydrogen-bond donors (Lipinski definition) is 1. The van der Waals surface area contributed by atoms with E-state index in [1.165, 1.54) is 0 Å². The zero-order chi connectivity index (χ0) is 12.3. The van der Waals surface area contributed by atoms with Crippen molar-refractivity contribution in [1.29, 1.82) is 0 Å². The first-order valence-corrected chi connectivity index (χ1v) is 5.83. The van der Waals surface area contributed by atoms with E-state index in [2.05, 4.69) is 0 Å². The van der Waals surface area contributed by atoms with Crippen LogP contribution in [0.1, 0.15) is 18.6 Å². The molecule has 1 fully saturated rings. The lowest BCUT2D eigenvalue weighted by Crippen LogP contribution is -2.36. The zero-order valence-corrected chi connectivity index (χ0v) is 11.2. The van der Waals surface area contributed by atoms with Crippen LogP contribution in [0.3, 0.4) is 0 Å². The molecule has 0 aromatic carbocycles. The third-order valence-electron chi connectivity index (χ3n) is 3.00. The maximum Gasteiger partial charge on any atom is 0.251 e. The van der Waals surface area contributed by atoms with Crippen molar-refractivity contribution in [2.45, 2.75) is 31.6 Å². The van der Waals surface area contributed by atoms with Crippen molar-refractivity contribution >= 4 is 18.3 Å². The average Bonchev–Trinajstić information content (AvgIpc) is 2.98. The summed E-state index contributed by atoms with van der Waals surface area (Å²) in [5.41, 5.74) is 5.52. The molecule has 2 N–H and O–H groups in total. The van der Waals surface area contributed by atoms with Crippen LogP contribution in [0, 0.1) is 0 Å². The Morgan fingerprint density at radius 2 is 2.33 bits per heavy atom. The maximum atomic E-state index is 12.1. The fourth-order valence-corrected chi connectivity index (χ4v) is 2.02. The van der Waals surface area contributed by atoms with E-state index in [9.17, 15) is 4.79 Å². The second kappa shape index (κ2) is 6.78. The molecule has 6 heteroatoms. The molecule has 1 aromatic heterocycles. The maximum absolute atomic E-state index is 12.1. The highest BCUT2D eigenvalue weighted by molar-refractivity contribution is 5.85. The standard InChI is InChI=1S/C12H18N2O3.ClH/c1-14(8-10-3-2-6-16-10)12(15)11-5-4-9(7-13)17-11;/h2-3,6,9,11H,4-5,7-8,13H2,1H3;1H/t9-,11+;/m1./s1. The molecule has 2 rings (SSSR count). The van der Waals surface area contributed by atoms with Crippen LogP contribution in [0.15, 0.2) is 22.8 Å². The summed E-state index contributed by atoms with van der Waals surface area (Å²) in [6, 6.07) is 3.66. The number of halogens is 1. The minimum atomic E-state index is -0.344. The number of nitrogens with zero attached hydrogens (tertiary/aromatic N) is 1. The second-order valence-electron chi connectivity index (χ2n) is 4.33. The molecule has 1 aliphatic rings. The Bertz CT molecular complexity index is 369. The molecule has 1 aliphatic heterocycles. The van der Waals surface area contributed by atoms with Gasteiger partial charge < -0.3 is 19.8 Å². The summed E-state index contributed by atoms with van der Waals surface area (Å²) in [5.74, 6) is 0.770. The largest absolute Gasteiger partial charge is 0.467 e. The summed E-state index contributed by atoms with van der Waals surface area (Å²) in [6.45, 7) is 0.949. The van der Waals surface area contributed by atoms with Gasteiger partial charge in [0.2, 0.25) is 0 Å². The molecule has 1 saturated heterocycles. The van der Waals surface area contributed by atoms with Crippen molar-refractivity contribution in [2.24, 2.45) is 5.73 Å². The number of carbonyl (C=O) groups is 1. The Morgan fingerprint density at radius 1 is 1.56 bits per heavy atom. The van der Waals surface area contributed by atoms with E-state index in [-0.39, 0.29) is 30.5 Å². The quantitative estimate of drug-likeness (QED) is 0.895. The van der Waals surface area contributed by atoms with Crippen molar-refractivity contribution in [3.63, 3.8) is 0 Å². The zero-order valence-electron chi connectivity index (χ0n) is 10.4. The van der Waals surface area contributed by atoms with Gasteiger partial charge in [-0.3, -0.25) is 4.79 Å². The minimum absolute atomic E-state index is 0. The lowest BCUT2D eigenvalue weighted by molar-refractivity contribution is -0.142. The number of amides is 1. The van der Waals surface area contributed by atoms with E-state index in [1.54, 1.807) is 18.2 Å². The molecule has 0 aliphatic carbocycles. The lowest BCUT2D eigenvalue weighted by atomic mass is 10.2. The van der Waals surface area contributed by atoms with E-state index in [0.717, 1.165) is 18.6 Å². The lowest BCUT2D eigenvalue weighted by Gasteiger charge is -2.20. The number of likely N-dealkylation sites (N-methyl/N-ethyl adjacent to an activating group) is 1. The molecule has 18 heavy (non-hydrogen) atoms. The molecule has 2 atom stereocenters. The fraction of sp³-hybridized carbons (Fsp3) is 0.583. The molecule has 0 unspecified atom stereocenters. The first-order chi connectivity index (χ1) is 8.20. The molecule has 0 spiro atoms. The molecule has 2 heterocycles. The molecule has 1 aromatic rings. The molecule has 1 amide bonds. The first kappa shape index (κ1) is 15.0. The highest BCUT2D eigenvalue weighted by Gasteiger charge is 2.31. The molecule has 0 bridgehead atoms. The smallest absolute Gasteiger partial charge is 0.251 e. The van der Waals surface area contributed by atoms with Crippen LogP contribution in [0.25, 0.3) is 0 Å². The summed E-state index contributed by atoms with van der Waals surface area (Å²) >= 11 is 0. The summed E-state index contributed by atoms with van der Waals surface area (Å²) in [4.78, 5) is 13.7. The Hall–Kier alpha value is -1.04. The van der Waals surface area contributed by atoms with Gasteiger partial charge in [-0.1, -0.05) is 0 Å². The van der Waals surface area contributed by atoms with Crippen molar-refractivity contribution in [3.05, 3.63) is 24.2 Å². The van der Waals surface area contributed by atoms with Gasteiger partial charge in [0.05, 0.1) is 18.9 Å². The Kier molecular flexibility index (Phi) is 5.65. The Balaban J connectivity index is 0.00000162. The van der Waals surface area contributed by atoms with Gasteiger partial charge in [-0.15, -0.1) is 12.4 Å². The van der Waals surface area contributed by atoms with Gasteiger partial charge in [0.15, 0.2) is 0 Å². The molecular weight excluding hydrogens is 256 g/mol. The normalized spacial score (nSPS) is 22.6. The van der Waals surface area contributed by atoms with Gasteiger partial charge >= 0.3 is 0 Å². The van der Waals surface area contributed by atoms with Crippen LogP contribution in [-0.2, 0) is 16.1 Å². The third-order valence-corrected chi connectivity index (χ3v) is 3.00. The first-order valence-electron chi connectivity index (χ1n) is 5.83. The number of hydrogen-bond acceptors (Lipinski definition) is 4. The fourth-order valence-electron chi connectivity index (χ4n) is 2.02. The molecular formula is C12H19ClN2O3. The molecule has 102 valence electrons.